The maximum atomic E-state index is 9.35. The zero-order valence-corrected chi connectivity index (χ0v) is 10.4. The average molecular weight is 256 g/mol. The first kappa shape index (κ1) is 12.3. The SMILES string of the molecule is Oc1cc(O)cc(C=Cc2ccc(C=S)cc2)c1. The third kappa shape index (κ3) is 3.18. The average Bonchev–Trinajstić information content (AvgIpc) is 2.36. The van der Waals surface area contributed by atoms with Crippen molar-refractivity contribution < 1.29 is 10.2 Å². The first-order chi connectivity index (χ1) is 8.67. The van der Waals surface area contributed by atoms with E-state index < -0.39 is 0 Å². The van der Waals surface area contributed by atoms with Crippen molar-refractivity contribution in [2.45, 2.75) is 0 Å². The summed E-state index contributed by atoms with van der Waals surface area (Å²) >= 11 is 4.83. The molecule has 0 bridgehead atoms. The molecule has 0 heterocycles. The van der Waals surface area contributed by atoms with Gasteiger partial charge >= 0.3 is 0 Å². The molecule has 3 heteroatoms. The lowest BCUT2D eigenvalue weighted by Crippen LogP contribution is -1.78. The molecule has 0 aliphatic heterocycles. The van der Waals surface area contributed by atoms with Gasteiger partial charge in [0.25, 0.3) is 0 Å². The summed E-state index contributed by atoms with van der Waals surface area (Å²) in [5.41, 5.74) is 2.77. The van der Waals surface area contributed by atoms with Crippen LogP contribution in [0.15, 0.2) is 42.5 Å². The molecule has 18 heavy (non-hydrogen) atoms. The zero-order chi connectivity index (χ0) is 13.0. The predicted octanol–water partition coefficient (Wildman–Crippen LogP) is 3.62. The highest BCUT2D eigenvalue weighted by molar-refractivity contribution is 7.79. The Bertz CT molecular complexity index is 566. The summed E-state index contributed by atoms with van der Waals surface area (Å²) in [6.07, 6.45) is 3.73. The number of benzene rings is 2. The number of phenols is 2. The van der Waals surface area contributed by atoms with Gasteiger partial charge in [-0.3, -0.25) is 0 Å². The summed E-state index contributed by atoms with van der Waals surface area (Å²) in [6, 6.07) is 12.3. The standard InChI is InChI=1S/C15H12O2S/c16-14-7-13(8-15(17)9-14)6-3-11-1-4-12(10-18)5-2-11/h1-10,16-17H. The van der Waals surface area contributed by atoms with Crippen molar-refractivity contribution in [2.24, 2.45) is 0 Å². The molecule has 0 aromatic heterocycles. The van der Waals surface area contributed by atoms with Crippen molar-refractivity contribution in [3.05, 3.63) is 59.2 Å². The number of aromatic hydroxyl groups is 2. The second kappa shape index (κ2) is 5.47. The van der Waals surface area contributed by atoms with Crippen LogP contribution in [0.25, 0.3) is 12.2 Å². The molecule has 0 fully saturated rings. The molecule has 2 nitrogen and oxygen atoms in total. The molecule has 2 N–H and O–H groups in total. The van der Waals surface area contributed by atoms with Gasteiger partial charge in [-0.25, -0.2) is 0 Å². The molecule has 2 aromatic rings. The van der Waals surface area contributed by atoms with Crippen molar-refractivity contribution in [3.63, 3.8) is 0 Å². The van der Waals surface area contributed by atoms with Gasteiger partial charge in [-0.1, -0.05) is 48.6 Å². The Balaban J connectivity index is 2.21. The molecule has 0 aliphatic carbocycles. The lowest BCUT2D eigenvalue weighted by molar-refractivity contribution is 0.450. The van der Waals surface area contributed by atoms with Crippen LogP contribution in [-0.2, 0) is 0 Å². The minimum Gasteiger partial charge on any atom is -0.508 e. The first-order valence-corrected chi connectivity index (χ1v) is 5.91. The molecule has 0 radical (unpaired) electrons. The van der Waals surface area contributed by atoms with Crippen molar-refractivity contribution in [1.82, 2.24) is 0 Å². The quantitative estimate of drug-likeness (QED) is 0.651. The Morgan fingerprint density at radius 3 is 1.78 bits per heavy atom. The molecule has 0 spiro atoms. The van der Waals surface area contributed by atoms with Gasteiger partial charge in [0.05, 0.1) is 0 Å². The molecule has 2 aromatic carbocycles. The maximum absolute atomic E-state index is 9.35. The fraction of sp³-hybridized carbons (Fsp3) is 0. The van der Waals surface area contributed by atoms with E-state index in [1.165, 1.54) is 6.07 Å². The van der Waals surface area contributed by atoms with Crippen molar-refractivity contribution in [2.75, 3.05) is 0 Å². The van der Waals surface area contributed by atoms with Gasteiger partial charge in [-0.15, -0.1) is 0 Å². The second-order valence-electron chi connectivity index (χ2n) is 3.90. The largest absolute Gasteiger partial charge is 0.508 e. The van der Waals surface area contributed by atoms with Gasteiger partial charge in [0.1, 0.15) is 11.5 Å². The minimum absolute atomic E-state index is 0.0469. The van der Waals surface area contributed by atoms with Gasteiger partial charge < -0.3 is 10.2 Å². The molecule has 2 rings (SSSR count). The second-order valence-corrected chi connectivity index (χ2v) is 4.14. The number of hydrogen-bond donors (Lipinski definition) is 2. The normalized spacial score (nSPS) is 10.7. The summed E-state index contributed by atoms with van der Waals surface area (Å²) in [5.74, 6) is 0.0939. The monoisotopic (exact) mass is 256 g/mol. The molecule has 0 saturated carbocycles. The van der Waals surface area contributed by atoms with E-state index in [1.807, 2.05) is 36.4 Å². The molecular weight excluding hydrogens is 244 g/mol. The van der Waals surface area contributed by atoms with Crippen LogP contribution in [0.5, 0.6) is 11.5 Å². The molecule has 90 valence electrons. The van der Waals surface area contributed by atoms with Gasteiger partial charge in [-0.2, -0.15) is 0 Å². The van der Waals surface area contributed by atoms with Crippen LogP contribution < -0.4 is 0 Å². The van der Waals surface area contributed by atoms with Crippen LogP contribution in [-0.4, -0.2) is 15.6 Å². The van der Waals surface area contributed by atoms with Crippen molar-refractivity contribution >= 4 is 29.7 Å². The van der Waals surface area contributed by atoms with Crippen LogP contribution in [0, 0.1) is 0 Å². The first-order valence-electron chi connectivity index (χ1n) is 5.44. The number of thiocarbonyl (C=S) groups is 1. The Kier molecular flexibility index (Phi) is 3.75. The van der Waals surface area contributed by atoms with Crippen LogP contribution in [0.1, 0.15) is 16.7 Å². The van der Waals surface area contributed by atoms with Crippen LogP contribution in [0.2, 0.25) is 0 Å². The number of hydrogen-bond acceptors (Lipinski definition) is 3. The fourth-order valence-corrected chi connectivity index (χ4v) is 1.75. The third-order valence-corrected chi connectivity index (χ3v) is 2.74. The summed E-state index contributed by atoms with van der Waals surface area (Å²) in [7, 11) is 0. The summed E-state index contributed by atoms with van der Waals surface area (Å²) in [5, 5.41) is 20.3. The highest BCUT2D eigenvalue weighted by Crippen LogP contribution is 2.21. The molecule has 0 amide bonds. The smallest absolute Gasteiger partial charge is 0.119 e. The summed E-state index contributed by atoms with van der Waals surface area (Å²) in [6.45, 7) is 0. The molecule has 0 atom stereocenters. The Morgan fingerprint density at radius 2 is 1.22 bits per heavy atom. The zero-order valence-electron chi connectivity index (χ0n) is 9.58. The van der Waals surface area contributed by atoms with Crippen molar-refractivity contribution in [3.8, 4) is 11.5 Å². The molecule has 0 unspecified atom stereocenters. The van der Waals surface area contributed by atoms with Crippen LogP contribution in [0.3, 0.4) is 0 Å². The molecular formula is C15H12O2S. The molecule has 0 aliphatic rings. The lowest BCUT2D eigenvalue weighted by Gasteiger charge is -1.99. The van der Waals surface area contributed by atoms with Crippen molar-refractivity contribution in [1.29, 1.82) is 0 Å². The van der Waals surface area contributed by atoms with E-state index >= 15 is 0 Å². The van der Waals surface area contributed by atoms with Gasteiger partial charge in [0, 0.05) is 11.4 Å². The van der Waals surface area contributed by atoms with E-state index in [0.717, 1.165) is 16.7 Å². The van der Waals surface area contributed by atoms with E-state index in [2.05, 4.69) is 0 Å². The highest BCUT2D eigenvalue weighted by Gasteiger charge is 1.95. The van der Waals surface area contributed by atoms with E-state index in [9.17, 15) is 10.2 Å². The topological polar surface area (TPSA) is 40.5 Å². The maximum Gasteiger partial charge on any atom is 0.119 e. The predicted molar refractivity (Wildman–Crippen MR) is 77.9 cm³/mol. The van der Waals surface area contributed by atoms with Crippen LogP contribution in [0.4, 0.5) is 0 Å². The number of phenolic OH excluding ortho intramolecular Hbond substituents is 2. The third-order valence-electron chi connectivity index (χ3n) is 2.47. The van der Waals surface area contributed by atoms with Gasteiger partial charge in [0.2, 0.25) is 0 Å². The van der Waals surface area contributed by atoms with E-state index in [4.69, 9.17) is 12.2 Å². The Morgan fingerprint density at radius 1 is 0.722 bits per heavy atom. The summed E-state index contributed by atoms with van der Waals surface area (Å²) < 4.78 is 0. The Labute approximate surface area is 111 Å². The minimum atomic E-state index is 0.0469. The lowest BCUT2D eigenvalue weighted by atomic mass is 10.1. The highest BCUT2D eigenvalue weighted by atomic mass is 32.1. The van der Waals surface area contributed by atoms with Gasteiger partial charge in [-0.05, 0) is 28.8 Å². The summed E-state index contributed by atoms with van der Waals surface area (Å²) in [4.78, 5) is 0. The molecule has 0 saturated heterocycles. The van der Waals surface area contributed by atoms with Gasteiger partial charge in [0.15, 0.2) is 0 Å². The fourth-order valence-electron chi connectivity index (χ4n) is 1.59. The van der Waals surface area contributed by atoms with E-state index in [0.29, 0.717) is 0 Å². The van der Waals surface area contributed by atoms with Crippen LogP contribution >= 0.6 is 12.2 Å². The number of rotatable bonds is 3. The van der Waals surface area contributed by atoms with E-state index in [-0.39, 0.29) is 11.5 Å². The van der Waals surface area contributed by atoms with E-state index in [1.54, 1.807) is 17.5 Å². The Hall–Kier alpha value is -2.13.